The van der Waals surface area contributed by atoms with E-state index in [0.29, 0.717) is 52.2 Å². The number of rotatable bonds is 7. The SMILES string of the molecule is O=C(Nc1ccc(Cl)c(NC(=O)c2ccc3nc(CN4CCN(C5CC5)CC4)ccc3c2)c1)c1ccc2c(c1)OCCO2. The van der Waals surface area contributed by atoms with Crippen LogP contribution >= 0.6 is 11.6 Å². The smallest absolute Gasteiger partial charge is 0.255 e. The predicted molar refractivity (Wildman–Crippen MR) is 166 cm³/mol. The average molecular weight is 598 g/mol. The molecule has 0 bridgehead atoms. The normalized spacial score (nSPS) is 17.0. The average Bonchev–Trinajstić information content (AvgIpc) is 3.88. The van der Waals surface area contributed by atoms with Gasteiger partial charge in [0.1, 0.15) is 13.2 Å². The van der Waals surface area contributed by atoms with E-state index >= 15 is 0 Å². The number of nitrogens with one attached hydrogen (secondary N) is 2. The quantitative estimate of drug-likeness (QED) is 0.293. The van der Waals surface area contributed by atoms with Gasteiger partial charge < -0.3 is 20.1 Å². The summed E-state index contributed by atoms with van der Waals surface area (Å²) in [6.07, 6.45) is 2.71. The van der Waals surface area contributed by atoms with Crippen LogP contribution in [0, 0.1) is 0 Å². The Morgan fingerprint density at radius 3 is 2.37 bits per heavy atom. The Kier molecular flexibility index (Phi) is 7.61. The fourth-order valence-electron chi connectivity index (χ4n) is 5.63. The minimum Gasteiger partial charge on any atom is -0.486 e. The van der Waals surface area contributed by atoms with Crippen LogP contribution in [0.5, 0.6) is 11.5 Å². The third-order valence-corrected chi connectivity index (χ3v) is 8.47. The number of nitrogens with zero attached hydrogens (tertiary/aromatic N) is 3. The number of pyridine rings is 1. The van der Waals surface area contributed by atoms with Gasteiger partial charge in [-0.05, 0) is 73.5 Å². The number of carbonyl (C=O) groups is 2. The molecule has 0 atom stereocenters. The van der Waals surface area contributed by atoms with Crippen LogP contribution in [0.4, 0.5) is 11.4 Å². The van der Waals surface area contributed by atoms with E-state index in [0.717, 1.165) is 55.4 Å². The number of hydrogen-bond donors (Lipinski definition) is 2. The summed E-state index contributed by atoms with van der Waals surface area (Å²) in [5.74, 6) is 0.518. The van der Waals surface area contributed by atoms with E-state index in [4.69, 9.17) is 26.1 Å². The molecular weight excluding hydrogens is 566 g/mol. The first-order chi connectivity index (χ1) is 21.0. The zero-order chi connectivity index (χ0) is 29.3. The molecule has 43 heavy (non-hydrogen) atoms. The molecule has 2 amide bonds. The Bertz CT molecular complexity index is 1700. The molecule has 2 aliphatic heterocycles. The number of ether oxygens (including phenoxy) is 2. The summed E-state index contributed by atoms with van der Waals surface area (Å²) in [5, 5.41) is 6.98. The molecular formula is C33H32ClN5O4. The molecule has 4 aromatic rings. The van der Waals surface area contributed by atoms with Crippen LogP contribution in [-0.2, 0) is 6.54 Å². The molecule has 1 aliphatic carbocycles. The first kappa shape index (κ1) is 27.6. The topological polar surface area (TPSA) is 96.0 Å². The van der Waals surface area contributed by atoms with Gasteiger partial charge in [0, 0.05) is 61.0 Å². The molecule has 3 aromatic carbocycles. The number of benzene rings is 3. The molecule has 7 rings (SSSR count). The van der Waals surface area contributed by atoms with Crippen molar-refractivity contribution in [1.29, 1.82) is 0 Å². The number of anilines is 2. The monoisotopic (exact) mass is 597 g/mol. The summed E-state index contributed by atoms with van der Waals surface area (Å²) in [5.41, 5.74) is 3.68. The van der Waals surface area contributed by atoms with Crippen molar-refractivity contribution in [2.24, 2.45) is 0 Å². The molecule has 220 valence electrons. The summed E-state index contributed by atoms with van der Waals surface area (Å²) >= 11 is 6.41. The van der Waals surface area contributed by atoms with Crippen molar-refractivity contribution in [3.8, 4) is 11.5 Å². The second-order valence-electron chi connectivity index (χ2n) is 11.2. The van der Waals surface area contributed by atoms with Gasteiger partial charge in [-0.2, -0.15) is 0 Å². The lowest BCUT2D eigenvalue weighted by Gasteiger charge is -2.34. The lowest BCUT2D eigenvalue weighted by Crippen LogP contribution is -2.46. The highest BCUT2D eigenvalue weighted by atomic mass is 35.5. The fraction of sp³-hybridized carbons (Fsp3) is 0.303. The van der Waals surface area contributed by atoms with Gasteiger partial charge in [0.15, 0.2) is 11.5 Å². The maximum atomic E-state index is 13.2. The first-order valence-electron chi connectivity index (χ1n) is 14.7. The van der Waals surface area contributed by atoms with Crippen LogP contribution in [-0.4, -0.2) is 72.0 Å². The molecule has 2 fully saturated rings. The summed E-state index contributed by atoms with van der Waals surface area (Å²) in [6.45, 7) is 6.16. The molecule has 1 aromatic heterocycles. The number of piperazine rings is 1. The molecule has 3 heterocycles. The van der Waals surface area contributed by atoms with E-state index in [1.54, 1.807) is 42.5 Å². The van der Waals surface area contributed by atoms with Crippen molar-refractivity contribution in [1.82, 2.24) is 14.8 Å². The van der Waals surface area contributed by atoms with E-state index in [-0.39, 0.29) is 11.8 Å². The molecule has 0 unspecified atom stereocenters. The van der Waals surface area contributed by atoms with E-state index < -0.39 is 0 Å². The fourth-order valence-corrected chi connectivity index (χ4v) is 5.80. The number of aromatic nitrogens is 1. The lowest BCUT2D eigenvalue weighted by atomic mass is 10.1. The zero-order valence-electron chi connectivity index (χ0n) is 23.6. The number of carbonyl (C=O) groups excluding carboxylic acids is 2. The second kappa shape index (κ2) is 11.8. The minimum atomic E-state index is -0.321. The number of hydrogen-bond acceptors (Lipinski definition) is 7. The van der Waals surface area contributed by atoms with E-state index in [1.165, 1.54) is 12.8 Å². The molecule has 10 heteroatoms. The van der Waals surface area contributed by atoms with Crippen LogP contribution in [0.2, 0.25) is 5.02 Å². The summed E-state index contributed by atoms with van der Waals surface area (Å²) in [4.78, 5) is 36.0. The highest BCUT2D eigenvalue weighted by molar-refractivity contribution is 6.34. The van der Waals surface area contributed by atoms with Gasteiger partial charge in [0.2, 0.25) is 0 Å². The van der Waals surface area contributed by atoms with Crippen molar-refractivity contribution in [2.45, 2.75) is 25.4 Å². The van der Waals surface area contributed by atoms with E-state index in [2.05, 4.69) is 20.4 Å². The van der Waals surface area contributed by atoms with Gasteiger partial charge in [-0.3, -0.25) is 24.4 Å². The Morgan fingerprint density at radius 2 is 1.56 bits per heavy atom. The first-order valence-corrected chi connectivity index (χ1v) is 15.0. The van der Waals surface area contributed by atoms with Gasteiger partial charge >= 0.3 is 0 Å². The van der Waals surface area contributed by atoms with Gasteiger partial charge in [-0.1, -0.05) is 17.7 Å². The maximum Gasteiger partial charge on any atom is 0.255 e. The second-order valence-corrected chi connectivity index (χ2v) is 11.6. The third-order valence-electron chi connectivity index (χ3n) is 8.14. The van der Waals surface area contributed by atoms with Crippen LogP contribution in [0.25, 0.3) is 10.9 Å². The van der Waals surface area contributed by atoms with Crippen LogP contribution < -0.4 is 20.1 Å². The van der Waals surface area contributed by atoms with Crippen LogP contribution in [0.1, 0.15) is 39.3 Å². The molecule has 3 aliphatic rings. The molecule has 2 N–H and O–H groups in total. The number of amides is 2. The molecule has 0 spiro atoms. The summed E-state index contributed by atoms with van der Waals surface area (Å²) in [6, 6.07) is 20.4. The van der Waals surface area contributed by atoms with Gasteiger partial charge in [-0.15, -0.1) is 0 Å². The van der Waals surface area contributed by atoms with Crippen molar-refractivity contribution in [2.75, 3.05) is 50.0 Å². The van der Waals surface area contributed by atoms with E-state index in [9.17, 15) is 9.59 Å². The van der Waals surface area contributed by atoms with Crippen molar-refractivity contribution >= 4 is 45.7 Å². The van der Waals surface area contributed by atoms with Crippen molar-refractivity contribution in [3.63, 3.8) is 0 Å². The maximum absolute atomic E-state index is 13.2. The highest BCUT2D eigenvalue weighted by Gasteiger charge is 2.31. The Labute approximate surface area is 254 Å². The molecule has 0 radical (unpaired) electrons. The summed E-state index contributed by atoms with van der Waals surface area (Å²) in [7, 11) is 0. The Balaban J connectivity index is 0.997. The predicted octanol–water partition coefficient (Wildman–Crippen LogP) is 5.44. The van der Waals surface area contributed by atoms with Gasteiger partial charge in [-0.25, -0.2) is 0 Å². The number of halogens is 1. The van der Waals surface area contributed by atoms with Crippen molar-refractivity contribution in [3.05, 3.63) is 88.6 Å². The van der Waals surface area contributed by atoms with Gasteiger partial charge in [0.05, 0.1) is 21.9 Å². The highest BCUT2D eigenvalue weighted by Crippen LogP contribution is 2.32. The standard InChI is InChI=1S/C33H32ClN5O4/c34-27-8-5-24(36-32(40)23-3-10-30-31(18-23)43-16-15-42-30)19-29(27)37-33(41)22-2-9-28-21(17-22)1-4-25(35-28)20-38-11-13-39(14-12-38)26-6-7-26/h1-5,8-10,17-19,26H,6-7,11-16,20H2,(H,36,40)(H,37,41). The van der Waals surface area contributed by atoms with Gasteiger partial charge in [0.25, 0.3) is 11.8 Å². The van der Waals surface area contributed by atoms with E-state index in [1.807, 2.05) is 24.3 Å². The Morgan fingerprint density at radius 1 is 0.814 bits per heavy atom. The zero-order valence-corrected chi connectivity index (χ0v) is 24.4. The molecule has 1 saturated carbocycles. The minimum absolute atomic E-state index is 0.309. The number of fused-ring (bicyclic) bond motifs is 2. The van der Waals surface area contributed by atoms with Crippen molar-refractivity contribution < 1.29 is 19.1 Å². The lowest BCUT2D eigenvalue weighted by molar-refractivity contribution is 0.101. The Hall–Kier alpha value is -4.18. The largest absolute Gasteiger partial charge is 0.486 e. The van der Waals surface area contributed by atoms with Crippen LogP contribution in [0.15, 0.2) is 66.7 Å². The third kappa shape index (κ3) is 6.29. The molecule has 1 saturated heterocycles. The summed E-state index contributed by atoms with van der Waals surface area (Å²) < 4.78 is 11.1. The molecule has 9 nitrogen and oxygen atoms in total. The van der Waals surface area contributed by atoms with Crippen LogP contribution in [0.3, 0.4) is 0 Å².